The summed E-state index contributed by atoms with van der Waals surface area (Å²) in [4.78, 5) is 57.6. The van der Waals surface area contributed by atoms with Crippen molar-refractivity contribution in [3.8, 4) is 0 Å². The molecule has 5 rings (SSSR count). The van der Waals surface area contributed by atoms with E-state index in [2.05, 4.69) is 34.1 Å². The van der Waals surface area contributed by atoms with Crippen molar-refractivity contribution in [2.24, 2.45) is 5.73 Å². The lowest BCUT2D eigenvalue weighted by molar-refractivity contribution is -0.657. The summed E-state index contributed by atoms with van der Waals surface area (Å²) >= 11 is 0. The highest BCUT2D eigenvalue weighted by molar-refractivity contribution is 7.61. The zero-order valence-corrected chi connectivity index (χ0v) is 29.5. The second-order valence-corrected chi connectivity index (χ2v) is 15.0. The van der Waals surface area contributed by atoms with E-state index in [4.69, 9.17) is 15.0 Å². The normalized spacial score (nSPS) is 23.4. The van der Waals surface area contributed by atoms with E-state index in [1.54, 1.807) is 33.0 Å². The molecule has 0 bridgehead atoms. The molecule has 1 aliphatic rings. The van der Waals surface area contributed by atoms with Crippen LogP contribution in [0.5, 0.6) is 0 Å². The molecule has 1 saturated heterocycles. The Labute approximate surface area is 292 Å². The number of ether oxygens (including phenoxy) is 1. The van der Waals surface area contributed by atoms with E-state index in [-0.39, 0.29) is 17.7 Å². The monoisotopic (exact) mass is 777 g/mol. The van der Waals surface area contributed by atoms with E-state index >= 15 is 0 Å². The fraction of sp³-hybridized carbons (Fsp3) is 0.519. The Morgan fingerprint density at radius 3 is 2.40 bits per heavy atom. The van der Waals surface area contributed by atoms with Gasteiger partial charge < -0.3 is 51.1 Å². The van der Waals surface area contributed by atoms with Gasteiger partial charge in [0, 0.05) is 13.6 Å². The van der Waals surface area contributed by atoms with Gasteiger partial charge in [-0.15, -0.1) is 0 Å². The first-order chi connectivity index (χ1) is 24.4. The number of aromatic nitrogens is 6. The number of hydrogen-bond acceptors (Lipinski definition) is 17. The SMILES string of the molecule is CNc1c(CN)ncn1[C@@H]1O[C@H](COP(=O)(O)OP(=O)(O)OC[C@@H](O)[C@@H](O)[C@@H](O)C[n+]2c3cc(C)c(C)cc3nc3c(=O)[nH]c(=O)[nH]c32)[C@@H](O)[C@H]1O. The molecule has 9 atom stereocenters. The molecule has 1 aromatic carbocycles. The van der Waals surface area contributed by atoms with E-state index in [0.29, 0.717) is 22.5 Å². The zero-order chi connectivity index (χ0) is 38.3. The predicted molar refractivity (Wildman–Crippen MR) is 176 cm³/mol. The van der Waals surface area contributed by atoms with Gasteiger partial charge in [-0.25, -0.2) is 28.5 Å². The van der Waals surface area contributed by atoms with Gasteiger partial charge in [-0.3, -0.25) is 23.4 Å². The standard InChI is InChI=1S/C27H38N8O15P2/c1-11-4-13-15(5-12(11)2)34(24-19(31-13)25(41)33-27(42)32-24)7-16(36)20(38)17(37)8-47-51(43,44)50-52(45,46)48-9-18-21(39)22(40)26(49-18)35-10-30-14(6-28)23(35)29-3/h4-5,10,16-18,20-22,26,29,36-40H,6-9,28H2,1-3H3,(H3,33,41,42,43,44,45,46)/p+1/t16-,17+,18+,20-,21+,22+,26+/m0/s1. The van der Waals surface area contributed by atoms with Crippen molar-refractivity contribution in [1.82, 2.24) is 24.5 Å². The molecule has 1 fully saturated rings. The van der Waals surface area contributed by atoms with E-state index in [9.17, 15) is 54.0 Å². The number of phosphoric ester groups is 2. The summed E-state index contributed by atoms with van der Waals surface area (Å²) in [5.74, 6) is 0.367. The molecule has 0 aliphatic carbocycles. The summed E-state index contributed by atoms with van der Waals surface area (Å²) in [6.07, 6.45) is -10.7. The molecule has 2 unspecified atom stereocenters. The zero-order valence-electron chi connectivity index (χ0n) is 27.8. The van der Waals surface area contributed by atoms with Crippen molar-refractivity contribution in [2.45, 2.75) is 69.8 Å². The van der Waals surface area contributed by atoms with Gasteiger partial charge in [0.2, 0.25) is 5.52 Å². The number of rotatable bonds is 15. The number of nitrogens with two attached hydrogens (primary N) is 1. The first-order valence-electron chi connectivity index (χ1n) is 15.5. The first-order valence-corrected chi connectivity index (χ1v) is 18.5. The molecule has 4 heterocycles. The molecule has 286 valence electrons. The molecule has 0 saturated carbocycles. The van der Waals surface area contributed by atoms with Gasteiger partial charge in [-0.05, 0) is 37.1 Å². The van der Waals surface area contributed by atoms with Gasteiger partial charge >= 0.3 is 27.0 Å². The summed E-state index contributed by atoms with van der Waals surface area (Å²) in [7, 11) is -9.41. The second-order valence-electron chi connectivity index (χ2n) is 11.9. The summed E-state index contributed by atoms with van der Waals surface area (Å²) in [6.45, 7) is 0.948. The van der Waals surface area contributed by atoms with Crippen LogP contribution in [-0.2, 0) is 40.3 Å². The molecule has 0 amide bonds. The van der Waals surface area contributed by atoms with Crippen molar-refractivity contribution in [2.75, 3.05) is 25.6 Å². The average Bonchev–Trinajstić information content (AvgIpc) is 3.62. The third kappa shape index (κ3) is 8.33. The third-order valence-corrected chi connectivity index (χ3v) is 11.0. The van der Waals surface area contributed by atoms with E-state index in [1.165, 1.54) is 15.5 Å². The quantitative estimate of drug-likeness (QED) is 0.0326. The molecule has 0 spiro atoms. The minimum atomic E-state index is -5.52. The van der Waals surface area contributed by atoms with Crippen molar-refractivity contribution in [1.29, 1.82) is 0 Å². The number of nitrogens with one attached hydrogen (secondary N) is 3. The average molecular weight is 778 g/mol. The molecule has 23 nitrogen and oxygen atoms in total. The number of benzene rings is 1. The van der Waals surface area contributed by atoms with E-state index in [0.717, 1.165) is 11.1 Å². The molecule has 52 heavy (non-hydrogen) atoms. The topological polar surface area (TPSA) is 351 Å². The number of fused-ring (bicyclic) bond motifs is 2. The number of aliphatic hydroxyl groups is 5. The van der Waals surface area contributed by atoms with Crippen LogP contribution < -0.4 is 26.9 Å². The summed E-state index contributed by atoms with van der Waals surface area (Å²) in [5, 5.41) is 55.8. The fourth-order valence-electron chi connectivity index (χ4n) is 5.57. The summed E-state index contributed by atoms with van der Waals surface area (Å²) < 4.78 is 46.7. The van der Waals surface area contributed by atoms with Crippen molar-refractivity contribution in [3.05, 3.63) is 56.1 Å². The molecule has 1 aliphatic heterocycles. The number of aliphatic hydroxyl groups excluding tert-OH is 5. The lowest BCUT2D eigenvalue weighted by atomic mass is 10.1. The molecular weight excluding hydrogens is 738 g/mol. The highest BCUT2D eigenvalue weighted by Crippen LogP contribution is 2.60. The van der Waals surface area contributed by atoms with Crippen LogP contribution in [0.15, 0.2) is 28.0 Å². The lowest BCUT2D eigenvalue weighted by Gasteiger charge is -2.24. The highest BCUT2D eigenvalue weighted by atomic mass is 31.3. The Kier molecular flexibility index (Phi) is 11.8. The Hall–Kier alpha value is -3.51. The minimum absolute atomic E-state index is 0.0390. The summed E-state index contributed by atoms with van der Waals surface area (Å²) in [5.41, 5.74) is 6.30. The molecule has 25 heteroatoms. The molecule has 0 radical (unpaired) electrons. The summed E-state index contributed by atoms with van der Waals surface area (Å²) in [6, 6.07) is 3.34. The number of hydrogen-bond donors (Lipinski definition) is 11. The van der Waals surface area contributed by atoms with E-state index < -0.39 is 89.5 Å². The van der Waals surface area contributed by atoms with Gasteiger partial charge in [-0.2, -0.15) is 9.29 Å². The van der Waals surface area contributed by atoms with Crippen molar-refractivity contribution in [3.63, 3.8) is 0 Å². The molecular formula is C27H39N8O15P2+. The second kappa shape index (κ2) is 15.5. The minimum Gasteiger partial charge on any atom is -0.388 e. The Balaban J connectivity index is 1.21. The molecule has 4 aromatic rings. The van der Waals surface area contributed by atoms with Crippen molar-refractivity contribution < 1.29 is 67.1 Å². The molecule has 12 N–H and O–H groups in total. The van der Waals surface area contributed by atoms with Crippen molar-refractivity contribution >= 4 is 43.7 Å². The maximum Gasteiger partial charge on any atom is 0.481 e. The van der Waals surface area contributed by atoms with Crippen LogP contribution in [0, 0.1) is 13.8 Å². The Morgan fingerprint density at radius 1 is 1.06 bits per heavy atom. The number of H-pyrrole nitrogens is 2. The van der Waals surface area contributed by atoms with Crippen LogP contribution in [-0.4, -0.2) is 117 Å². The largest absolute Gasteiger partial charge is 0.481 e. The van der Waals surface area contributed by atoms with Crippen LogP contribution in [0.4, 0.5) is 5.82 Å². The lowest BCUT2D eigenvalue weighted by Crippen LogP contribution is -2.51. The van der Waals surface area contributed by atoms with Gasteiger partial charge in [0.15, 0.2) is 11.7 Å². The third-order valence-electron chi connectivity index (χ3n) is 8.37. The van der Waals surface area contributed by atoms with Gasteiger partial charge in [-0.1, -0.05) is 0 Å². The Bertz CT molecular complexity index is 2160. The fourth-order valence-corrected chi connectivity index (χ4v) is 7.66. The van der Waals surface area contributed by atoms with Gasteiger partial charge in [0.05, 0.1) is 25.2 Å². The molecule has 3 aromatic heterocycles. The van der Waals surface area contributed by atoms with Crippen LogP contribution >= 0.6 is 15.6 Å². The van der Waals surface area contributed by atoms with Crippen LogP contribution in [0.3, 0.4) is 0 Å². The predicted octanol–water partition coefficient (Wildman–Crippen LogP) is -2.98. The number of nitrogens with zero attached hydrogens (tertiary/aromatic N) is 4. The van der Waals surface area contributed by atoms with Crippen LogP contribution in [0.25, 0.3) is 22.2 Å². The number of aryl methyl sites for hydroxylation is 2. The Morgan fingerprint density at radius 2 is 1.73 bits per heavy atom. The maximum absolute atomic E-state index is 12.5. The van der Waals surface area contributed by atoms with Gasteiger partial charge in [0.25, 0.3) is 5.56 Å². The first kappa shape index (κ1) is 39.7. The number of phosphoric acid groups is 2. The van der Waals surface area contributed by atoms with Gasteiger partial charge in [0.1, 0.15) is 54.5 Å². The number of imidazole rings is 1. The maximum atomic E-state index is 12.5. The van der Waals surface area contributed by atoms with Crippen LogP contribution in [0.2, 0.25) is 0 Å². The number of aromatic amines is 2. The smallest absolute Gasteiger partial charge is 0.388 e. The van der Waals surface area contributed by atoms with Crippen LogP contribution in [0.1, 0.15) is 23.0 Å². The number of anilines is 1. The highest BCUT2D eigenvalue weighted by Gasteiger charge is 2.46. The van der Waals surface area contributed by atoms with E-state index in [1.807, 2.05) is 0 Å².